The van der Waals surface area contributed by atoms with Gasteiger partial charge in [-0.2, -0.15) is 5.26 Å². The van der Waals surface area contributed by atoms with Gasteiger partial charge in [0.15, 0.2) is 0 Å². The number of benzene rings is 2. The zero-order valence-corrected chi connectivity index (χ0v) is 13.2. The molecule has 1 aromatic heterocycles. The van der Waals surface area contributed by atoms with Crippen LogP contribution in [0.4, 0.5) is 0 Å². The molecule has 0 unspecified atom stereocenters. The molecule has 0 aliphatic carbocycles. The van der Waals surface area contributed by atoms with E-state index in [1.807, 2.05) is 42.5 Å². The topological polar surface area (TPSA) is 63.2 Å². The van der Waals surface area contributed by atoms with Gasteiger partial charge in [0.2, 0.25) is 5.76 Å². The molecule has 0 saturated heterocycles. The molecule has 0 atom stereocenters. The van der Waals surface area contributed by atoms with E-state index in [0.29, 0.717) is 5.56 Å². The number of nitriles is 1. The third kappa shape index (κ3) is 3.21. The zero-order chi connectivity index (χ0) is 16.9. The van der Waals surface area contributed by atoms with Gasteiger partial charge in [0, 0.05) is 5.56 Å². The quantitative estimate of drug-likeness (QED) is 0.665. The maximum atomic E-state index is 11.9. The van der Waals surface area contributed by atoms with Crippen molar-refractivity contribution in [2.24, 2.45) is 0 Å². The predicted molar refractivity (Wildman–Crippen MR) is 89.2 cm³/mol. The van der Waals surface area contributed by atoms with Crippen LogP contribution in [0.5, 0.6) is 0 Å². The second-order valence-electron chi connectivity index (χ2n) is 5.36. The van der Waals surface area contributed by atoms with Crippen LogP contribution in [0.1, 0.15) is 27.2 Å². The van der Waals surface area contributed by atoms with Crippen LogP contribution in [0.25, 0.3) is 11.1 Å². The standard InChI is InChI=1S/C20H15NO3/c1-14-10-11-23-19(14)20(22)24-13-15-6-8-16(9-7-15)18-5-3-2-4-17(18)12-21/h2-11H,13H2,1H3. The number of carbonyl (C=O) groups excluding carboxylic acids is 1. The van der Waals surface area contributed by atoms with Gasteiger partial charge in [-0.05, 0) is 35.7 Å². The second kappa shape index (κ2) is 6.84. The molecule has 0 amide bonds. The highest BCUT2D eigenvalue weighted by molar-refractivity contribution is 5.87. The van der Waals surface area contributed by atoms with Crippen molar-refractivity contribution in [1.82, 2.24) is 0 Å². The first-order chi connectivity index (χ1) is 11.7. The van der Waals surface area contributed by atoms with Crippen LogP contribution in [0.15, 0.2) is 65.3 Å². The fourth-order valence-corrected chi connectivity index (χ4v) is 2.41. The Balaban J connectivity index is 1.70. The van der Waals surface area contributed by atoms with Crippen molar-refractivity contribution in [1.29, 1.82) is 5.26 Å². The molecule has 24 heavy (non-hydrogen) atoms. The third-order valence-electron chi connectivity index (χ3n) is 3.73. The van der Waals surface area contributed by atoms with Gasteiger partial charge in [-0.15, -0.1) is 0 Å². The first-order valence-corrected chi connectivity index (χ1v) is 7.48. The number of esters is 1. The first kappa shape index (κ1) is 15.6. The molecule has 2 aromatic carbocycles. The van der Waals surface area contributed by atoms with Crippen molar-refractivity contribution < 1.29 is 13.9 Å². The molecular formula is C20H15NO3. The number of rotatable bonds is 4. The van der Waals surface area contributed by atoms with Crippen molar-refractivity contribution in [3.8, 4) is 17.2 Å². The fourth-order valence-electron chi connectivity index (χ4n) is 2.41. The molecule has 0 aliphatic heterocycles. The summed E-state index contributed by atoms with van der Waals surface area (Å²) in [6.45, 7) is 1.96. The summed E-state index contributed by atoms with van der Waals surface area (Å²) in [4.78, 5) is 11.9. The van der Waals surface area contributed by atoms with Gasteiger partial charge < -0.3 is 9.15 Å². The fraction of sp³-hybridized carbons (Fsp3) is 0.100. The maximum Gasteiger partial charge on any atom is 0.374 e. The van der Waals surface area contributed by atoms with Gasteiger partial charge in [0.05, 0.1) is 17.9 Å². The summed E-state index contributed by atoms with van der Waals surface area (Å²) in [5, 5.41) is 9.18. The van der Waals surface area contributed by atoms with E-state index in [-0.39, 0.29) is 12.4 Å². The lowest BCUT2D eigenvalue weighted by Gasteiger charge is -2.07. The van der Waals surface area contributed by atoms with Gasteiger partial charge in [0.1, 0.15) is 6.61 Å². The Bertz CT molecular complexity index is 901. The molecule has 4 nitrogen and oxygen atoms in total. The molecule has 0 fully saturated rings. The molecule has 0 spiro atoms. The average molecular weight is 317 g/mol. The molecule has 1 heterocycles. The molecule has 118 valence electrons. The number of hydrogen-bond donors (Lipinski definition) is 0. The lowest BCUT2D eigenvalue weighted by molar-refractivity contribution is 0.0435. The van der Waals surface area contributed by atoms with Crippen molar-refractivity contribution in [2.45, 2.75) is 13.5 Å². The predicted octanol–water partition coefficient (Wildman–Crippen LogP) is 4.48. The lowest BCUT2D eigenvalue weighted by Crippen LogP contribution is -2.05. The van der Waals surface area contributed by atoms with Crippen LogP contribution in [-0.4, -0.2) is 5.97 Å². The summed E-state index contributed by atoms with van der Waals surface area (Å²) in [6, 6.07) is 18.9. The number of carbonyl (C=O) groups is 1. The highest BCUT2D eigenvalue weighted by atomic mass is 16.5. The highest BCUT2D eigenvalue weighted by Crippen LogP contribution is 2.23. The first-order valence-electron chi connectivity index (χ1n) is 7.48. The smallest absolute Gasteiger partial charge is 0.374 e. The van der Waals surface area contributed by atoms with Crippen molar-refractivity contribution in [3.05, 3.63) is 83.3 Å². The molecule has 4 heteroatoms. The summed E-state index contributed by atoms with van der Waals surface area (Å²) in [5.41, 5.74) is 4.08. The van der Waals surface area contributed by atoms with Crippen LogP contribution in [0.2, 0.25) is 0 Å². The molecule has 3 aromatic rings. The molecule has 0 bridgehead atoms. The van der Waals surface area contributed by atoms with E-state index in [4.69, 9.17) is 9.15 Å². The van der Waals surface area contributed by atoms with Crippen LogP contribution in [0.3, 0.4) is 0 Å². The van der Waals surface area contributed by atoms with Crippen LogP contribution in [0, 0.1) is 18.3 Å². The SMILES string of the molecule is Cc1ccoc1C(=O)OCc1ccc(-c2ccccc2C#N)cc1. The van der Waals surface area contributed by atoms with Crippen molar-refractivity contribution in [3.63, 3.8) is 0 Å². The molecule has 0 saturated carbocycles. The number of hydrogen-bond acceptors (Lipinski definition) is 4. The van der Waals surface area contributed by atoms with Crippen LogP contribution >= 0.6 is 0 Å². The average Bonchev–Trinajstić information content (AvgIpc) is 3.06. The van der Waals surface area contributed by atoms with E-state index in [1.54, 1.807) is 19.1 Å². The molecule has 0 radical (unpaired) electrons. The summed E-state index contributed by atoms with van der Waals surface area (Å²) >= 11 is 0. The Morgan fingerprint density at radius 1 is 1.12 bits per heavy atom. The van der Waals surface area contributed by atoms with E-state index >= 15 is 0 Å². The minimum Gasteiger partial charge on any atom is -0.457 e. The summed E-state index contributed by atoms with van der Waals surface area (Å²) in [7, 11) is 0. The minimum absolute atomic E-state index is 0.166. The van der Waals surface area contributed by atoms with Crippen LogP contribution < -0.4 is 0 Å². The van der Waals surface area contributed by atoms with E-state index in [2.05, 4.69) is 6.07 Å². The van der Waals surface area contributed by atoms with Gasteiger partial charge in [-0.1, -0.05) is 42.5 Å². The Kier molecular flexibility index (Phi) is 4.44. The monoisotopic (exact) mass is 317 g/mol. The molecule has 0 N–H and O–H groups in total. The number of ether oxygens (including phenoxy) is 1. The van der Waals surface area contributed by atoms with Gasteiger partial charge in [0.25, 0.3) is 0 Å². The van der Waals surface area contributed by atoms with Crippen LogP contribution in [-0.2, 0) is 11.3 Å². The summed E-state index contributed by atoms with van der Waals surface area (Å²) in [6.07, 6.45) is 1.47. The Labute approximate surface area is 139 Å². The number of aryl methyl sites for hydroxylation is 1. The largest absolute Gasteiger partial charge is 0.457 e. The Morgan fingerprint density at radius 2 is 1.88 bits per heavy atom. The Hall–Kier alpha value is -3.32. The van der Waals surface area contributed by atoms with E-state index in [0.717, 1.165) is 22.3 Å². The maximum absolute atomic E-state index is 11.9. The molecule has 0 aliphatic rings. The highest BCUT2D eigenvalue weighted by Gasteiger charge is 2.14. The van der Waals surface area contributed by atoms with Gasteiger partial charge in [-0.25, -0.2) is 4.79 Å². The van der Waals surface area contributed by atoms with Gasteiger partial charge in [-0.3, -0.25) is 0 Å². The lowest BCUT2D eigenvalue weighted by atomic mass is 9.99. The summed E-state index contributed by atoms with van der Waals surface area (Å²) < 4.78 is 10.4. The Morgan fingerprint density at radius 3 is 2.54 bits per heavy atom. The van der Waals surface area contributed by atoms with E-state index in [1.165, 1.54) is 6.26 Å². The minimum atomic E-state index is -0.476. The number of nitrogens with zero attached hydrogens (tertiary/aromatic N) is 1. The van der Waals surface area contributed by atoms with E-state index < -0.39 is 5.97 Å². The van der Waals surface area contributed by atoms with Gasteiger partial charge >= 0.3 is 5.97 Å². The van der Waals surface area contributed by atoms with E-state index in [9.17, 15) is 10.1 Å². The number of furan rings is 1. The van der Waals surface area contributed by atoms with Crippen molar-refractivity contribution >= 4 is 5.97 Å². The second-order valence-corrected chi connectivity index (χ2v) is 5.36. The summed E-state index contributed by atoms with van der Waals surface area (Å²) in [5.74, 6) is -0.244. The molecular weight excluding hydrogens is 302 g/mol. The third-order valence-corrected chi connectivity index (χ3v) is 3.73. The molecule has 3 rings (SSSR count). The normalized spacial score (nSPS) is 10.2. The van der Waals surface area contributed by atoms with Crippen molar-refractivity contribution in [2.75, 3.05) is 0 Å². The zero-order valence-electron chi connectivity index (χ0n) is 13.2.